The van der Waals surface area contributed by atoms with Gasteiger partial charge in [0.25, 0.3) is 5.91 Å². The topological polar surface area (TPSA) is 77.1 Å². The smallest absolute Gasteiger partial charge is 0.434 e. The highest BCUT2D eigenvalue weighted by atomic mass is 16.7. The van der Waals surface area contributed by atoms with Crippen LogP contribution in [0, 0.1) is 13.8 Å². The zero-order valence-electron chi connectivity index (χ0n) is 18.8. The summed E-state index contributed by atoms with van der Waals surface area (Å²) < 4.78 is 10.8. The molecule has 1 fully saturated rings. The Morgan fingerprint density at radius 2 is 1.80 bits per heavy atom. The number of rotatable bonds is 5. The minimum Gasteiger partial charge on any atom is -0.434 e. The van der Waals surface area contributed by atoms with Crippen LogP contribution in [0.5, 0.6) is 0 Å². The SMILES string of the molecule is CCOC(=O)OC1=C(c2c(C)cc(C(C)C)cc2C)C(=O)NC12CCN(OC)CC2. The molecule has 7 nitrogen and oxygen atoms in total. The van der Waals surface area contributed by atoms with E-state index < -0.39 is 11.7 Å². The normalized spacial score (nSPS) is 18.8. The first-order valence-electron chi connectivity index (χ1n) is 10.5. The molecule has 1 spiro atoms. The van der Waals surface area contributed by atoms with Crippen molar-refractivity contribution in [1.82, 2.24) is 10.4 Å². The van der Waals surface area contributed by atoms with Crippen LogP contribution in [0.3, 0.4) is 0 Å². The minimum absolute atomic E-state index is 0.203. The van der Waals surface area contributed by atoms with Gasteiger partial charge in [-0.3, -0.25) is 4.79 Å². The van der Waals surface area contributed by atoms with E-state index in [4.69, 9.17) is 14.3 Å². The summed E-state index contributed by atoms with van der Waals surface area (Å²) in [4.78, 5) is 30.8. The molecular weight excluding hydrogens is 384 g/mol. The van der Waals surface area contributed by atoms with Crippen molar-refractivity contribution in [3.8, 4) is 0 Å². The first kappa shape index (κ1) is 22.3. The zero-order chi connectivity index (χ0) is 22.1. The third-order valence-electron chi connectivity index (χ3n) is 6.00. The van der Waals surface area contributed by atoms with E-state index in [9.17, 15) is 9.59 Å². The molecule has 2 aliphatic heterocycles. The summed E-state index contributed by atoms with van der Waals surface area (Å²) >= 11 is 0. The molecule has 0 unspecified atom stereocenters. The quantitative estimate of drug-likeness (QED) is 0.735. The predicted molar refractivity (Wildman–Crippen MR) is 114 cm³/mol. The standard InChI is InChI=1S/C23H32N2O5/c1-7-29-22(27)30-20-19(18-15(4)12-17(14(2)3)13-16(18)5)21(26)24-23(20)8-10-25(28-6)11-9-23/h12-14H,7-11H2,1-6H3,(H,24,26). The monoisotopic (exact) mass is 416 g/mol. The highest BCUT2D eigenvalue weighted by Gasteiger charge is 2.50. The number of nitrogens with one attached hydrogen (secondary N) is 1. The fourth-order valence-electron chi connectivity index (χ4n) is 4.41. The second-order valence-corrected chi connectivity index (χ2v) is 8.32. The average Bonchev–Trinajstić information content (AvgIpc) is 2.93. The molecule has 1 aromatic carbocycles. The Balaban J connectivity index is 2.13. The molecule has 30 heavy (non-hydrogen) atoms. The summed E-state index contributed by atoms with van der Waals surface area (Å²) in [6, 6.07) is 4.21. The molecule has 1 amide bonds. The van der Waals surface area contributed by atoms with Crippen LogP contribution in [-0.4, -0.2) is 49.5 Å². The number of aryl methyl sites for hydroxylation is 2. The summed E-state index contributed by atoms with van der Waals surface area (Å²) in [7, 11) is 1.63. The Morgan fingerprint density at radius 1 is 1.20 bits per heavy atom. The summed E-state index contributed by atoms with van der Waals surface area (Å²) in [5, 5.41) is 4.96. The molecule has 164 valence electrons. The van der Waals surface area contributed by atoms with Crippen molar-refractivity contribution in [3.05, 3.63) is 40.1 Å². The zero-order valence-corrected chi connectivity index (χ0v) is 18.8. The molecule has 0 saturated carbocycles. The molecule has 1 N–H and O–H groups in total. The lowest BCUT2D eigenvalue weighted by molar-refractivity contribution is -0.152. The van der Waals surface area contributed by atoms with Gasteiger partial charge in [0.1, 0.15) is 5.54 Å². The van der Waals surface area contributed by atoms with E-state index in [1.54, 1.807) is 14.0 Å². The molecule has 2 heterocycles. The maximum atomic E-state index is 13.2. The van der Waals surface area contributed by atoms with Crippen molar-refractivity contribution >= 4 is 17.6 Å². The Morgan fingerprint density at radius 3 is 2.30 bits per heavy atom. The van der Waals surface area contributed by atoms with Gasteiger partial charge in [0.2, 0.25) is 0 Å². The predicted octanol–water partition coefficient (Wildman–Crippen LogP) is 3.84. The molecular formula is C23H32N2O5. The molecule has 0 atom stereocenters. The van der Waals surface area contributed by atoms with Crippen LogP contribution in [0.1, 0.15) is 61.8 Å². The fraction of sp³-hybridized carbons (Fsp3) is 0.565. The number of ether oxygens (including phenoxy) is 2. The lowest BCUT2D eigenvalue weighted by Crippen LogP contribution is -2.53. The first-order chi connectivity index (χ1) is 14.2. The first-order valence-corrected chi connectivity index (χ1v) is 10.5. The van der Waals surface area contributed by atoms with Crippen molar-refractivity contribution in [3.63, 3.8) is 0 Å². The van der Waals surface area contributed by atoms with Crippen LogP contribution >= 0.6 is 0 Å². The van der Waals surface area contributed by atoms with E-state index in [1.807, 2.05) is 18.9 Å². The lowest BCUT2D eigenvalue weighted by atomic mass is 9.84. The summed E-state index contributed by atoms with van der Waals surface area (Å²) in [5.41, 5.74) is 3.69. The second kappa shape index (κ2) is 8.78. The number of hydroxylamine groups is 2. The average molecular weight is 417 g/mol. The second-order valence-electron chi connectivity index (χ2n) is 8.32. The van der Waals surface area contributed by atoms with Gasteiger partial charge in [-0.15, -0.1) is 0 Å². The number of carbonyl (C=O) groups is 2. The molecule has 1 aromatic rings. The van der Waals surface area contributed by atoms with E-state index in [0.717, 1.165) is 16.7 Å². The Labute approximate surface area is 178 Å². The Bertz CT molecular complexity index is 843. The van der Waals surface area contributed by atoms with Gasteiger partial charge >= 0.3 is 6.16 Å². The molecule has 3 rings (SSSR count). The van der Waals surface area contributed by atoms with Crippen LogP contribution in [0.4, 0.5) is 4.79 Å². The highest BCUT2D eigenvalue weighted by molar-refractivity contribution is 6.24. The number of benzene rings is 1. The molecule has 0 radical (unpaired) electrons. The maximum Gasteiger partial charge on any atom is 0.513 e. The third-order valence-corrected chi connectivity index (χ3v) is 6.00. The van der Waals surface area contributed by atoms with Gasteiger partial charge in [-0.1, -0.05) is 26.0 Å². The van der Waals surface area contributed by atoms with Crippen molar-refractivity contribution in [1.29, 1.82) is 0 Å². The van der Waals surface area contributed by atoms with Gasteiger partial charge in [-0.05, 0) is 61.8 Å². The van der Waals surface area contributed by atoms with E-state index >= 15 is 0 Å². The van der Waals surface area contributed by atoms with E-state index in [2.05, 4.69) is 31.3 Å². The van der Waals surface area contributed by atoms with Gasteiger partial charge in [-0.25, -0.2) is 4.79 Å². The fourth-order valence-corrected chi connectivity index (χ4v) is 4.41. The summed E-state index contributed by atoms with van der Waals surface area (Å²) in [6.07, 6.45) is 0.365. The van der Waals surface area contributed by atoms with Gasteiger partial charge < -0.3 is 19.6 Å². The van der Waals surface area contributed by atoms with Gasteiger partial charge in [-0.2, -0.15) is 5.06 Å². The van der Waals surface area contributed by atoms with Crippen molar-refractivity contribution in [2.45, 2.75) is 58.9 Å². The molecule has 0 aliphatic carbocycles. The minimum atomic E-state index is -0.788. The van der Waals surface area contributed by atoms with Crippen molar-refractivity contribution in [2.75, 3.05) is 26.8 Å². The van der Waals surface area contributed by atoms with Gasteiger partial charge in [0.05, 0.1) is 19.3 Å². The van der Waals surface area contributed by atoms with Crippen molar-refractivity contribution in [2.24, 2.45) is 0 Å². The summed E-state index contributed by atoms with van der Waals surface area (Å²) in [5.74, 6) is 0.525. The van der Waals surface area contributed by atoms with Gasteiger partial charge in [0, 0.05) is 13.1 Å². The maximum absolute atomic E-state index is 13.2. The van der Waals surface area contributed by atoms with Crippen LogP contribution in [0.2, 0.25) is 0 Å². The number of carbonyl (C=O) groups excluding carboxylic acids is 2. The number of piperidine rings is 1. The third kappa shape index (κ3) is 4.09. The molecule has 0 aromatic heterocycles. The van der Waals surface area contributed by atoms with Crippen LogP contribution in [0.25, 0.3) is 5.57 Å². The lowest BCUT2D eigenvalue weighted by Gasteiger charge is -2.38. The summed E-state index contributed by atoms with van der Waals surface area (Å²) in [6.45, 7) is 11.4. The van der Waals surface area contributed by atoms with Crippen LogP contribution < -0.4 is 5.32 Å². The number of amides is 1. The molecule has 7 heteroatoms. The van der Waals surface area contributed by atoms with Gasteiger partial charge in [0.15, 0.2) is 5.76 Å². The van der Waals surface area contributed by atoms with Crippen LogP contribution in [-0.2, 0) is 19.1 Å². The highest BCUT2D eigenvalue weighted by Crippen LogP contribution is 2.43. The molecule has 2 aliphatic rings. The van der Waals surface area contributed by atoms with Crippen LogP contribution in [0.15, 0.2) is 17.9 Å². The Kier molecular flexibility index (Phi) is 6.53. The van der Waals surface area contributed by atoms with E-state index in [0.29, 0.717) is 43.2 Å². The van der Waals surface area contributed by atoms with E-state index in [-0.39, 0.29) is 12.5 Å². The number of nitrogens with zero attached hydrogens (tertiary/aromatic N) is 1. The van der Waals surface area contributed by atoms with E-state index in [1.165, 1.54) is 5.56 Å². The van der Waals surface area contributed by atoms with Crippen molar-refractivity contribution < 1.29 is 23.9 Å². The Hall–Kier alpha value is -2.38. The largest absolute Gasteiger partial charge is 0.513 e. The number of hydrogen-bond acceptors (Lipinski definition) is 6. The molecule has 0 bridgehead atoms. The molecule has 1 saturated heterocycles. The number of hydrogen-bond donors (Lipinski definition) is 1.